The van der Waals surface area contributed by atoms with Crippen LogP contribution in [0, 0.1) is 12.7 Å². The van der Waals surface area contributed by atoms with E-state index in [-0.39, 0.29) is 24.9 Å². The van der Waals surface area contributed by atoms with Crippen LogP contribution >= 0.6 is 0 Å². The molecule has 2 aromatic carbocycles. The van der Waals surface area contributed by atoms with Crippen LogP contribution in [-0.4, -0.2) is 64.2 Å². The standard InChI is InChI=1S/C26H28F3N5O/c1-18-20(3-2-4-23(18)27)15-34-25(35)33(17-26(34)9-11-32(12-10-26)16-24(28)29)22-7-5-19(6-8-22)21-13-30-31-14-21/h2-8,13-14,24H,9-12,15-17H2,1H3,(H,30,31). The Kier molecular flexibility index (Phi) is 6.27. The van der Waals surface area contributed by atoms with Crippen LogP contribution in [0.1, 0.15) is 24.0 Å². The number of aromatic amines is 1. The van der Waals surface area contributed by atoms with Gasteiger partial charge in [0, 0.05) is 37.1 Å². The fraction of sp³-hybridized carbons (Fsp3) is 0.385. The third-order valence-electron chi connectivity index (χ3n) is 7.39. The molecule has 0 saturated carbocycles. The largest absolute Gasteiger partial charge is 0.325 e. The molecular formula is C26H28F3N5O. The minimum atomic E-state index is -2.38. The third-order valence-corrected chi connectivity index (χ3v) is 7.39. The normalized spacial score (nSPS) is 18.3. The Morgan fingerprint density at radius 2 is 1.83 bits per heavy atom. The number of halogens is 3. The first-order valence-electron chi connectivity index (χ1n) is 11.8. The molecule has 3 aromatic rings. The zero-order valence-electron chi connectivity index (χ0n) is 19.6. The van der Waals surface area contributed by atoms with Crippen LogP contribution in [0.25, 0.3) is 11.1 Å². The highest BCUT2D eigenvalue weighted by atomic mass is 19.3. The van der Waals surface area contributed by atoms with Crippen LogP contribution in [0.4, 0.5) is 23.7 Å². The number of likely N-dealkylation sites (tertiary alicyclic amines) is 1. The molecule has 1 aromatic heterocycles. The van der Waals surface area contributed by atoms with Gasteiger partial charge in [-0.05, 0) is 54.7 Å². The van der Waals surface area contributed by atoms with E-state index in [0.717, 1.165) is 22.4 Å². The van der Waals surface area contributed by atoms with Crippen molar-refractivity contribution in [3.8, 4) is 11.1 Å². The number of amides is 2. The summed E-state index contributed by atoms with van der Waals surface area (Å²) in [5.41, 5.74) is 3.48. The molecule has 184 valence electrons. The van der Waals surface area contributed by atoms with Gasteiger partial charge in [-0.25, -0.2) is 18.0 Å². The first kappa shape index (κ1) is 23.4. The maximum absolute atomic E-state index is 14.3. The van der Waals surface area contributed by atoms with Gasteiger partial charge in [-0.2, -0.15) is 5.10 Å². The minimum Gasteiger partial charge on any atom is -0.312 e. The number of anilines is 1. The monoisotopic (exact) mass is 483 g/mol. The molecule has 9 heteroatoms. The molecule has 1 N–H and O–H groups in total. The van der Waals surface area contributed by atoms with E-state index in [0.29, 0.717) is 38.0 Å². The molecule has 1 spiro atoms. The van der Waals surface area contributed by atoms with Gasteiger partial charge in [0.1, 0.15) is 5.82 Å². The van der Waals surface area contributed by atoms with Crippen molar-refractivity contribution in [1.82, 2.24) is 20.0 Å². The zero-order chi connectivity index (χ0) is 24.6. The van der Waals surface area contributed by atoms with Gasteiger partial charge in [-0.3, -0.25) is 14.9 Å². The zero-order valence-corrected chi connectivity index (χ0v) is 19.6. The summed E-state index contributed by atoms with van der Waals surface area (Å²) >= 11 is 0. The van der Waals surface area contributed by atoms with Crippen molar-refractivity contribution < 1.29 is 18.0 Å². The molecule has 2 aliphatic rings. The van der Waals surface area contributed by atoms with Gasteiger partial charge in [0.05, 0.1) is 24.8 Å². The summed E-state index contributed by atoms with van der Waals surface area (Å²) in [4.78, 5) is 19.1. The first-order chi connectivity index (χ1) is 16.9. The van der Waals surface area contributed by atoms with Crippen molar-refractivity contribution in [3.63, 3.8) is 0 Å². The van der Waals surface area contributed by atoms with Crippen molar-refractivity contribution >= 4 is 11.7 Å². The van der Waals surface area contributed by atoms with E-state index >= 15 is 0 Å². The molecule has 35 heavy (non-hydrogen) atoms. The number of rotatable bonds is 6. The molecule has 3 heterocycles. The maximum Gasteiger partial charge on any atom is 0.325 e. The first-order valence-corrected chi connectivity index (χ1v) is 11.8. The fourth-order valence-corrected chi connectivity index (χ4v) is 5.24. The number of benzene rings is 2. The quantitative estimate of drug-likeness (QED) is 0.533. The number of aromatic nitrogens is 2. The molecule has 5 rings (SSSR count). The molecule has 2 fully saturated rings. The smallest absolute Gasteiger partial charge is 0.312 e. The molecule has 0 atom stereocenters. The average molecular weight is 484 g/mol. The highest BCUT2D eigenvalue weighted by Crippen LogP contribution is 2.40. The van der Waals surface area contributed by atoms with Crippen LogP contribution in [0.15, 0.2) is 54.9 Å². The lowest BCUT2D eigenvalue weighted by Crippen LogP contribution is -2.54. The number of alkyl halides is 2. The molecule has 2 saturated heterocycles. The van der Waals surface area contributed by atoms with Crippen molar-refractivity contribution in [2.24, 2.45) is 0 Å². The van der Waals surface area contributed by atoms with Gasteiger partial charge < -0.3 is 4.90 Å². The summed E-state index contributed by atoms with van der Waals surface area (Å²) in [7, 11) is 0. The third kappa shape index (κ3) is 4.52. The Morgan fingerprint density at radius 1 is 1.09 bits per heavy atom. The number of piperidine rings is 1. The van der Waals surface area contributed by atoms with Gasteiger partial charge in [-0.1, -0.05) is 24.3 Å². The van der Waals surface area contributed by atoms with Crippen molar-refractivity contribution in [3.05, 3.63) is 71.8 Å². The Balaban J connectivity index is 1.43. The Labute approximate surface area is 202 Å². The second kappa shape index (κ2) is 9.37. The highest BCUT2D eigenvalue weighted by Gasteiger charge is 2.51. The predicted octanol–water partition coefficient (Wildman–Crippen LogP) is 5.07. The van der Waals surface area contributed by atoms with Crippen LogP contribution in [0.2, 0.25) is 0 Å². The molecule has 0 aliphatic carbocycles. The minimum absolute atomic E-state index is 0.146. The van der Waals surface area contributed by atoms with Gasteiger partial charge >= 0.3 is 6.03 Å². The van der Waals surface area contributed by atoms with Crippen LogP contribution in [0.3, 0.4) is 0 Å². The second-order valence-electron chi connectivity index (χ2n) is 9.43. The summed E-state index contributed by atoms with van der Waals surface area (Å²) in [6.45, 7) is 3.18. The molecule has 2 aliphatic heterocycles. The lowest BCUT2D eigenvalue weighted by molar-refractivity contribution is 0.0340. The number of H-pyrrole nitrogens is 1. The summed E-state index contributed by atoms with van der Waals surface area (Å²) in [6.07, 6.45) is 2.33. The lowest BCUT2D eigenvalue weighted by atomic mass is 9.86. The van der Waals surface area contributed by atoms with E-state index < -0.39 is 12.0 Å². The number of urea groups is 1. The average Bonchev–Trinajstić information content (AvgIpc) is 3.47. The van der Waals surface area contributed by atoms with Crippen molar-refractivity contribution in [1.29, 1.82) is 0 Å². The number of nitrogens with zero attached hydrogens (tertiary/aromatic N) is 4. The van der Waals surface area contributed by atoms with Crippen LogP contribution in [0.5, 0.6) is 0 Å². The Morgan fingerprint density at radius 3 is 2.49 bits per heavy atom. The molecule has 0 unspecified atom stereocenters. The second-order valence-corrected chi connectivity index (χ2v) is 9.43. The van der Waals surface area contributed by atoms with E-state index in [1.165, 1.54) is 6.07 Å². The van der Waals surface area contributed by atoms with E-state index in [4.69, 9.17) is 0 Å². The van der Waals surface area contributed by atoms with Crippen molar-refractivity contribution in [2.45, 2.75) is 38.3 Å². The van der Waals surface area contributed by atoms with Gasteiger partial charge in [0.25, 0.3) is 6.43 Å². The molecule has 2 amide bonds. The van der Waals surface area contributed by atoms with E-state index in [1.54, 1.807) is 35.2 Å². The topological polar surface area (TPSA) is 55.5 Å². The Bertz CT molecular complexity index is 1170. The van der Waals surface area contributed by atoms with Gasteiger partial charge in [0.2, 0.25) is 0 Å². The summed E-state index contributed by atoms with van der Waals surface area (Å²) < 4.78 is 40.2. The van der Waals surface area contributed by atoms with Crippen molar-refractivity contribution in [2.75, 3.05) is 31.1 Å². The molecule has 0 bridgehead atoms. The molecule has 6 nitrogen and oxygen atoms in total. The molecule has 0 radical (unpaired) electrons. The number of hydrogen-bond donors (Lipinski definition) is 1. The maximum atomic E-state index is 14.3. The fourth-order valence-electron chi connectivity index (χ4n) is 5.24. The summed E-state index contributed by atoms with van der Waals surface area (Å²) in [5.74, 6) is -0.304. The number of nitrogens with one attached hydrogen (secondary N) is 1. The number of hydrogen-bond acceptors (Lipinski definition) is 3. The highest BCUT2D eigenvalue weighted by molar-refractivity contribution is 5.95. The summed E-state index contributed by atoms with van der Waals surface area (Å²) in [6, 6.07) is 12.5. The van der Waals surface area contributed by atoms with E-state index in [1.807, 2.05) is 35.2 Å². The van der Waals surface area contributed by atoms with Crippen LogP contribution in [-0.2, 0) is 6.54 Å². The Hall–Kier alpha value is -3.33. The number of carbonyl (C=O) groups is 1. The van der Waals surface area contributed by atoms with Gasteiger partial charge in [0.15, 0.2) is 0 Å². The van der Waals surface area contributed by atoms with E-state index in [9.17, 15) is 18.0 Å². The van der Waals surface area contributed by atoms with Gasteiger partial charge in [-0.15, -0.1) is 0 Å². The number of carbonyl (C=O) groups excluding carboxylic acids is 1. The summed E-state index contributed by atoms with van der Waals surface area (Å²) in [5, 5.41) is 6.78. The molecular weight excluding hydrogens is 455 g/mol. The van der Waals surface area contributed by atoms with Crippen LogP contribution < -0.4 is 4.90 Å². The SMILES string of the molecule is Cc1c(F)cccc1CN1C(=O)N(c2ccc(-c3cn[nH]c3)cc2)CC12CCN(CC(F)F)CC2. The lowest BCUT2D eigenvalue weighted by Gasteiger charge is -2.43. The predicted molar refractivity (Wildman–Crippen MR) is 128 cm³/mol. The van der Waals surface area contributed by atoms with E-state index in [2.05, 4.69) is 10.2 Å².